The van der Waals surface area contributed by atoms with Crippen molar-refractivity contribution in [3.8, 4) is 5.75 Å². The van der Waals surface area contributed by atoms with E-state index < -0.39 is 0 Å². The minimum Gasteiger partial charge on any atom is -0.497 e. The average molecular weight is 383 g/mol. The fourth-order valence-corrected chi connectivity index (χ4v) is 4.74. The number of ketones is 1. The van der Waals surface area contributed by atoms with Crippen LogP contribution < -0.4 is 10.1 Å². The van der Waals surface area contributed by atoms with E-state index in [1.165, 1.54) is 21.9 Å². The number of carbonyl (C=O) groups excluding carboxylic acids is 1. The molecule has 0 amide bonds. The molecule has 2 aliphatic rings. The molecule has 1 atom stereocenters. The van der Waals surface area contributed by atoms with Gasteiger partial charge in [0.2, 0.25) is 0 Å². The Morgan fingerprint density at radius 3 is 2.52 bits per heavy atom. The summed E-state index contributed by atoms with van der Waals surface area (Å²) in [5, 5.41) is 6.11. The van der Waals surface area contributed by atoms with Gasteiger partial charge in [0.25, 0.3) is 0 Å². The molecule has 0 fully saturated rings. The topological polar surface area (TPSA) is 38.3 Å². The predicted octanol–water partition coefficient (Wildman–Crippen LogP) is 6.16. The van der Waals surface area contributed by atoms with Crippen molar-refractivity contribution in [2.45, 2.75) is 32.7 Å². The van der Waals surface area contributed by atoms with E-state index in [1.807, 2.05) is 12.1 Å². The second-order valence-corrected chi connectivity index (χ2v) is 8.67. The molecule has 1 unspecified atom stereocenters. The molecule has 0 aromatic heterocycles. The third kappa shape index (κ3) is 2.76. The Morgan fingerprint density at radius 1 is 1.00 bits per heavy atom. The van der Waals surface area contributed by atoms with Gasteiger partial charge in [-0.3, -0.25) is 4.79 Å². The van der Waals surface area contributed by atoms with E-state index in [-0.39, 0.29) is 17.2 Å². The van der Waals surface area contributed by atoms with Gasteiger partial charge in [-0.15, -0.1) is 0 Å². The number of methoxy groups -OCH3 is 1. The molecule has 3 aromatic carbocycles. The summed E-state index contributed by atoms with van der Waals surface area (Å²) < 4.78 is 5.32. The van der Waals surface area contributed by atoms with Gasteiger partial charge in [-0.05, 0) is 52.9 Å². The first kappa shape index (κ1) is 18.0. The highest BCUT2D eigenvalue weighted by molar-refractivity contribution is 6.14. The van der Waals surface area contributed by atoms with E-state index in [4.69, 9.17) is 4.74 Å². The maximum Gasteiger partial charge on any atom is 0.167 e. The second-order valence-electron chi connectivity index (χ2n) is 8.67. The molecule has 0 saturated carbocycles. The number of carbonyl (C=O) groups is 1. The summed E-state index contributed by atoms with van der Waals surface area (Å²) in [5.41, 5.74) is 5.19. The first-order valence-electron chi connectivity index (χ1n) is 10.2. The quantitative estimate of drug-likeness (QED) is 0.576. The van der Waals surface area contributed by atoms with E-state index in [0.29, 0.717) is 0 Å². The molecule has 1 aliphatic carbocycles. The molecule has 3 heteroatoms. The van der Waals surface area contributed by atoms with Crippen LogP contribution in [-0.2, 0) is 4.79 Å². The number of Topliss-reactive ketones (excluding diaryl/α,β-unsaturated/α-hetero) is 1. The zero-order valence-corrected chi connectivity index (χ0v) is 17.1. The molecule has 146 valence electrons. The lowest BCUT2D eigenvalue weighted by molar-refractivity contribution is -0.124. The maximum atomic E-state index is 13.6. The maximum absolute atomic E-state index is 13.6. The number of benzene rings is 3. The fourth-order valence-electron chi connectivity index (χ4n) is 4.74. The highest BCUT2D eigenvalue weighted by atomic mass is 16.5. The van der Waals surface area contributed by atoms with Crippen LogP contribution in [0, 0.1) is 5.41 Å². The molecule has 5 rings (SSSR count). The van der Waals surface area contributed by atoms with Crippen molar-refractivity contribution in [1.82, 2.24) is 0 Å². The van der Waals surface area contributed by atoms with Crippen LogP contribution in [0.1, 0.15) is 43.9 Å². The standard InChI is InChI=1S/C26H25NO2/c1-26(2)15-14-20-22-19-7-5-4-6-16(19)10-13-21(22)27-24(23(20)25(26)28)17-8-11-18(29-3)12-9-17/h4-13,24,27H,14-15H2,1-3H3. The van der Waals surface area contributed by atoms with E-state index in [1.54, 1.807) is 7.11 Å². The Labute approximate surface area is 171 Å². The van der Waals surface area contributed by atoms with Gasteiger partial charge in [0.1, 0.15) is 5.75 Å². The summed E-state index contributed by atoms with van der Waals surface area (Å²) in [7, 11) is 1.67. The summed E-state index contributed by atoms with van der Waals surface area (Å²) >= 11 is 0. The Kier molecular flexibility index (Phi) is 4.02. The summed E-state index contributed by atoms with van der Waals surface area (Å²) in [5.74, 6) is 1.08. The fraction of sp³-hybridized carbons (Fsp3) is 0.269. The van der Waals surface area contributed by atoms with Crippen LogP contribution in [0.25, 0.3) is 16.3 Å². The number of allylic oxidation sites excluding steroid dienone is 1. The lowest BCUT2D eigenvalue weighted by atomic mass is 9.67. The SMILES string of the molecule is COc1ccc(C2Nc3ccc4ccccc4c3C3=C2C(=O)C(C)(C)CC3)cc1. The molecular formula is C26H25NO2. The summed E-state index contributed by atoms with van der Waals surface area (Å²) in [6, 6.07) is 20.7. The second kappa shape index (κ2) is 6.48. The zero-order chi connectivity index (χ0) is 20.2. The van der Waals surface area contributed by atoms with Gasteiger partial charge in [-0.25, -0.2) is 0 Å². The van der Waals surface area contributed by atoms with Crippen LogP contribution in [0.3, 0.4) is 0 Å². The van der Waals surface area contributed by atoms with Crippen LogP contribution in [0.15, 0.2) is 66.2 Å². The predicted molar refractivity (Wildman–Crippen MR) is 118 cm³/mol. The van der Waals surface area contributed by atoms with Crippen LogP contribution >= 0.6 is 0 Å². The van der Waals surface area contributed by atoms with Crippen molar-refractivity contribution in [3.63, 3.8) is 0 Å². The van der Waals surface area contributed by atoms with E-state index >= 15 is 0 Å². The van der Waals surface area contributed by atoms with Gasteiger partial charge >= 0.3 is 0 Å². The molecular weight excluding hydrogens is 358 g/mol. The molecule has 0 bridgehead atoms. The zero-order valence-electron chi connectivity index (χ0n) is 17.1. The minimum atomic E-state index is -0.340. The summed E-state index contributed by atoms with van der Waals surface area (Å²) in [6.07, 6.45) is 1.80. The van der Waals surface area contributed by atoms with Gasteiger partial charge in [-0.2, -0.15) is 0 Å². The molecule has 0 saturated heterocycles. The molecule has 3 nitrogen and oxygen atoms in total. The Morgan fingerprint density at radius 2 is 1.76 bits per heavy atom. The van der Waals surface area contributed by atoms with Crippen molar-refractivity contribution >= 4 is 27.8 Å². The first-order chi connectivity index (χ1) is 14.0. The van der Waals surface area contributed by atoms with Crippen LogP contribution in [0.2, 0.25) is 0 Å². The van der Waals surface area contributed by atoms with Gasteiger partial charge in [0, 0.05) is 22.2 Å². The average Bonchev–Trinajstić information content (AvgIpc) is 2.75. The number of nitrogens with one attached hydrogen (secondary N) is 1. The van der Waals surface area contributed by atoms with Gasteiger partial charge < -0.3 is 10.1 Å². The minimum absolute atomic E-state index is 0.142. The first-order valence-corrected chi connectivity index (χ1v) is 10.2. The third-order valence-corrected chi connectivity index (χ3v) is 6.45. The number of hydrogen-bond donors (Lipinski definition) is 1. The van der Waals surface area contributed by atoms with Crippen LogP contribution in [0.5, 0.6) is 5.75 Å². The van der Waals surface area contributed by atoms with Gasteiger partial charge in [0.15, 0.2) is 5.78 Å². The number of fused-ring (bicyclic) bond motifs is 4. The molecule has 0 spiro atoms. The Balaban J connectivity index is 1.76. The molecule has 29 heavy (non-hydrogen) atoms. The number of rotatable bonds is 2. The third-order valence-electron chi connectivity index (χ3n) is 6.45. The normalized spacial score (nSPS) is 20.1. The van der Waals surface area contributed by atoms with Gasteiger partial charge in [-0.1, -0.05) is 56.3 Å². The largest absolute Gasteiger partial charge is 0.497 e. The lowest BCUT2D eigenvalue weighted by Crippen LogP contribution is -2.36. The molecule has 3 aromatic rings. The number of anilines is 1. The van der Waals surface area contributed by atoms with E-state index in [0.717, 1.165) is 35.4 Å². The van der Waals surface area contributed by atoms with Crippen molar-refractivity contribution in [2.24, 2.45) is 5.41 Å². The van der Waals surface area contributed by atoms with Crippen LogP contribution in [0.4, 0.5) is 5.69 Å². The monoisotopic (exact) mass is 383 g/mol. The van der Waals surface area contributed by atoms with Crippen molar-refractivity contribution < 1.29 is 9.53 Å². The molecule has 1 aliphatic heterocycles. The van der Waals surface area contributed by atoms with E-state index in [9.17, 15) is 4.79 Å². The molecule has 1 N–H and O–H groups in total. The summed E-state index contributed by atoms with van der Waals surface area (Å²) in [6.45, 7) is 4.14. The highest BCUT2D eigenvalue weighted by Crippen LogP contribution is 2.51. The molecule has 1 heterocycles. The molecule has 0 radical (unpaired) electrons. The number of hydrogen-bond acceptors (Lipinski definition) is 3. The Bertz CT molecular complexity index is 1160. The van der Waals surface area contributed by atoms with Crippen LogP contribution in [-0.4, -0.2) is 12.9 Å². The lowest BCUT2D eigenvalue weighted by Gasteiger charge is -2.40. The van der Waals surface area contributed by atoms with Crippen molar-refractivity contribution in [1.29, 1.82) is 0 Å². The number of ether oxygens (including phenoxy) is 1. The van der Waals surface area contributed by atoms with Crippen molar-refractivity contribution in [3.05, 3.63) is 77.4 Å². The summed E-state index contributed by atoms with van der Waals surface area (Å²) in [4.78, 5) is 13.6. The van der Waals surface area contributed by atoms with E-state index in [2.05, 4.69) is 67.7 Å². The van der Waals surface area contributed by atoms with Crippen molar-refractivity contribution in [2.75, 3.05) is 12.4 Å². The Hall–Kier alpha value is -3.07. The highest BCUT2D eigenvalue weighted by Gasteiger charge is 2.42. The van der Waals surface area contributed by atoms with Gasteiger partial charge in [0.05, 0.1) is 13.2 Å². The smallest absolute Gasteiger partial charge is 0.167 e.